The van der Waals surface area contributed by atoms with Crippen molar-refractivity contribution in [1.82, 2.24) is 10.3 Å². The molecule has 6 nitrogen and oxygen atoms in total. The number of para-hydroxylation sites is 1. The number of pyridine rings is 1. The Labute approximate surface area is 162 Å². The standard InChI is InChI=1S/C18H13F4N3O3S/c19-13-7-8-15(12-5-3-9-23-16(12)13)29(27,28)25-14-6-2-1-4-11(14)17(26)24-10-18(20,21)22/h1-9,25H,10H2,(H,24,26). The number of benzene rings is 2. The molecule has 1 heterocycles. The summed E-state index contributed by atoms with van der Waals surface area (Å²) in [7, 11) is -4.31. The monoisotopic (exact) mass is 427 g/mol. The van der Waals surface area contributed by atoms with Crippen LogP contribution in [-0.2, 0) is 10.0 Å². The predicted molar refractivity (Wildman–Crippen MR) is 97.3 cm³/mol. The third-order valence-corrected chi connectivity index (χ3v) is 5.26. The first-order valence-electron chi connectivity index (χ1n) is 8.08. The van der Waals surface area contributed by atoms with Gasteiger partial charge in [-0.15, -0.1) is 0 Å². The predicted octanol–water partition coefficient (Wildman–Crippen LogP) is 3.47. The van der Waals surface area contributed by atoms with Gasteiger partial charge in [-0.2, -0.15) is 13.2 Å². The van der Waals surface area contributed by atoms with E-state index < -0.39 is 34.5 Å². The molecule has 2 N–H and O–H groups in total. The van der Waals surface area contributed by atoms with Gasteiger partial charge in [-0.05, 0) is 36.4 Å². The van der Waals surface area contributed by atoms with E-state index in [0.29, 0.717) is 0 Å². The van der Waals surface area contributed by atoms with Gasteiger partial charge in [0.1, 0.15) is 17.9 Å². The van der Waals surface area contributed by atoms with Gasteiger partial charge in [-0.1, -0.05) is 12.1 Å². The fourth-order valence-electron chi connectivity index (χ4n) is 2.59. The Bertz CT molecular complexity index is 1180. The molecule has 0 unspecified atom stereocenters. The largest absolute Gasteiger partial charge is 0.405 e. The summed E-state index contributed by atoms with van der Waals surface area (Å²) >= 11 is 0. The molecule has 0 atom stereocenters. The van der Waals surface area contributed by atoms with Gasteiger partial charge in [0.15, 0.2) is 0 Å². The maximum Gasteiger partial charge on any atom is 0.405 e. The Kier molecular flexibility index (Phi) is 5.42. The molecule has 0 fully saturated rings. The van der Waals surface area contributed by atoms with Crippen molar-refractivity contribution in [1.29, 1.82) is 0 Å². The molecule has 29 heavy (non-hydrogen) atoms. The van der Waals surface area contributed by atoms with E-state index in [2.05, 4.69) is 9.71 Å². The maximum absolute atomic E-state index is 13.9. The SMILES string of the molecule is O=C(NCC(F)(F)F)c1ccccc1NS(=O)(=O)c1ccc(F)c2ncccc12. The highest BCUT2D eigenvalue weighted by molar-refractivity contribution is 7.93. The molecule has 11 heteroatoms. The number of hydrogen-bond acceptors (Lipinski definition) is 4. The van der Waals surface area contributed by atoms with Crippen molar-refractivity contribution in [2.45, 2.75) is 11.1 Å². The highest BCUT2D eigenvalue weighted by Gasteiger charge is 2.29. The molecule has 0 aliphatic carbocycles. The number of carbonyl (C=O) groups excluding carboxylic acids is 1. The van der Waals surface area contributed by atoms with Crippen LogP contribution < -0.4 is 10.0 Å². The minimum Gasteiger partial charge on any atom is -0.343 e. The van der Waals surface area contributed by atoms with Crippen LogP contribution in [0.2, 0.25) is 0 Å². The number of anilines is 1. The number of amides is 1. The van der Waals surface area contributed by atoms with E-state index in [4.69, 9.17) is 0 Å². The fourth-order valence-corrected chi connectivity index (χ4v) is 3.87. The molecule has 0 saturated heterocycles. The Morgan fingerprint density at radius 1 is 1.03 bits per heavy atom. The van der Waals surface area contributed by atoms with E-state index in [0.717, 1.165) is 12.1 Å². The number of alkyl halides is 3. The molecular weight excluding hydrogens is 414 g/mol. The summed E-state index contributed by atoms with van der Waals surface area (Å²) in [6.07, 6.45) is -3.32. The van der Waals surface area contributed by atoms with Crippen LogP contribution in [0.4, 0.5) is 23.2 Å². The van der Waals surface area contributed by atoms with Crippen LogP contribution in [0.3, 0.4) is 0 Å². The molecule has 152 valence electrons. The Hall–Kier alpha value is -3.21. The third-order valence-electron chi connectivity index (χ3n) is 3.84. The lowest BCUT2D eigenvalue weighted by molar-refractivity contribution is -0.123. The number of hydrogen-bond donors (Lipinski definition) is 2. The van der Waals surface area contributed by atoms with Crippen LogP contribution in [-0.4, -0.2) is 32.0 Å². The first kappa shape index (κ1) is 20.5. The van der Waals surface area contributed by atoms with Crippen molar-refractivity contribution in [2.24, 2.45) is 0 Å². The molecule has 0 saturated carbocycles. The van der Waals surface area contributed by atoms with Crippen molar-refractivity contribution in [3.8, 4) is 0 Å². The van der Waals surface area contributed by atoms with Crippen LogP contribution in [0, 0.1) is 5.82 Å². The summed E-state index contributed by atoms with van der Waals surface area (Å²) < 4.78 is 78.8. The van der Waals surface area contributed by atoms with E-state index in [1.807, 2.05) is 0 Å². The van der Waals surface area contributed by atoms with Gasteiger partial charge >= 0.3 is 6.18 Å². The second kappa shape index (κ2) is 7.66. The number of sulfonamides is 1. The van der Waals surface area contributed by atoms with Gasteiger partial charge in [0.25, 0.3) is 15.9 Å². The van der Waals surface area contributed by atoms with E-state index in [9.17, 15) is 30.8 Å². The second-order valence-corrected chi connectivity index (χ2v) is 7.54. The van der Waals surface area contributed by atoms with E-state index in [1.54, 1.807) is 5.32 Å². The first-order valence-corrected chi connectivity index (χ1v) is 9.57. The minimum atomic E-state index is -4.62. The van der Waals surface area contributed by atoms with Gasteiger partial charge in [0.2, 0.25) is 0 Å². The summed E-state index contributed by atoms with van der Waals surface area (Å²) in [4.78, 5) is 15.6. The molecule has 3 aromatic rings. The van der Waals surface area contributed by atoms with Crippen molar-refractivity contribution in [3.63, 3.8) is 0 Å². The topological polar surface area (TPSA) is 88.2 Å². The summed E-state index contributed by atoms with van der Waals surface area (Å²) in [6.45, 7) is -1.57. The summed E-state index contributed by atoms with van der Waals surface area (Å²) in [5.41, 5.74) is -0.690. The van der Waals surface area contributed by atoms with Crippen molar-refractivity contribution in [2.75, 3.05) is 11.3 Å². The zero-order chi connectivity index (χ0) is 21.2. The third kappa shape index (κ3) is 4.62. The highest BCUT2D eigenvalue weighted by atomic mass is 32.2. The smallest absolute Gasteiger partial charge is 0.343 e. The number of nitrogens with one attached hydrogen (secondary N) is 2. The zero-order valence-corrected chi connectivity index (χ0v) is 15.3. The molecule has 2 aromatic carbocycles. The number of halogens is 4. The van der Waals surface area contributed by atoms with Gasteiger partial charge in [-0.25, -0.2) is 12.8 Å². The van der Waals surface area contributed by atoms with Gasteiger partial charge in [0, 0.05) is 11.6 Å². The molecule has 3 rings (SSSR count). The van der Waals surface area contributed by atoms with Gasteiger partial charge < -0.3 is 5.32 Å². The van der Waals surface area contributed by atoms with Crippen LogP contribution in [0.25, 0.3) is 10.9 Å². The lowest BCUT2D eigenvalue weighted by atomic mass is 10.1. The van der Waals surface area contributed by atoms with Crippen molar-refractivity contribution >= 4 is 32.5 Å². The van der Waals surface area contributed by atoms with Gasteiger partial charge in [0.05, 0.1) is 16.1 Å². The summed E-state index contributed by atoms with van der Waals surface area (Å²) in [5, 5.41) is 1.70. The molecule has 0 bridgehead atoms. The second-order valence-electron chi connectivity index (χ2n) is 5.89. The molecular formula is C18H13F4N3O3S. The molecule has 0 aliphatic heterocycles. The van der Waals surface area contributed by atoms with Crippen molar-refractivity contribution in [3.05, 3.63) is 66.1 Å². The number of carbonyl (C=O) groups is 1. The van der Waals surface area contributed by atoms with Crippen LogP contribution in [0.1, 0.15) is 10.4 Å². The number of aromatic nitrogens is 1. The zero-order valence-electron chi connectivity index (χ0n) is 14.5. The average Bonchev–Trinajstić information content (AvgIpc) is 2.66. The fraction of sp³-hybridized carbons (Fsp3) is 0.111. The summed E-state index contributed by atoms with van der Waals surface area (Å²) in [5.74, 6) is -1.82. The van der Waals surface area contributed by atoms with Crippen LogP contribution in [0.15, 0.2) is 59.6 Å². The maximum atomic E-state index is 13.9. The van der Waals surface area contributed by atoms with E-state index in [1.165, 1.54) is 42.6 Å². The molecule has 1 aromatic heterocycles. The lowest BCUT2D eigenvalue weighted by Crippen LogP contribution is -2.34. The Morgan fingerprint density at radius 3 is 2.48 bits per heavy atom. The number of nitrogens with zero attached hydrogens (tertiary/aromatic N) is 1. The lowest BCUT2D eigenvalue weighted by Gasteiger charge is -2.14. The quantitative estimate of drug-likeness (QED) is 0.611. The average molecular weight is 427 g/mol. The van der Waals surface area contributed by atoms with Crippen LogP contribution in [0.5, 0.6) is 0 Å². The Morgan fingerprint density at radius 2 is 1.76 bits per heavy atom. The minimum absolute atomic E-state index is 0.0130. The van der Waals surface area contributed by atoms with E-state index >= 15 is 0 Å². The normalized spacial score (nSPS) is 12.0. The van der Waals surface area contributed by atoms with Crippen molar-refractivity contribution < 1.29 is 30.8 Å². The molecule has 1 amide bonds. The summed E-state index contributed by atoms with van der Waals surface area (Å²) in [6, 6.07) is 9.94. The van der Waals surface area contributed by atoms with Gasteiger partial charge in [-0.3, -0.25) is 14.5 Å². The molecule has 0 radical (unpaired) electrons. The highest BCUT2D eigenvalue weighted by Crippen LogP contribution is 2.27. The Balaban J connectivity index is 1.97. The first-order chi connectivity index (χ1) is 13.6. The molecule has 0 spiro atoms. The van der Waals surface area contributed by atoms with Crippen LogP contribution >= 0.6 is 0 Å². The van der Waals surface area contributed by atoms with E-state index in [-0.39, 0.29) is 27.0 Å². The number of rotatable bonds is 5. The molecule has 0 aliphatic rings. The number of fused-ring (bicyclic) bond motifs is 1.